The summed E-state index contributed by atoms with van der Waals surface area (Å²) in [4.78, 5) is 53.5. The van der Waals surface area contributed by atoms with E-state index in [0.29, 0.717) is 22.6 Å². The molecule has 0 radical (unpaired) electrons. The first-order valence-corrected chi connectivity index (χ1v) is 13.3. The van der Waals surface area contributed by atoms with Crippen LogP contribution in [0.2, 0.25) is 0 Å². The fourth-order valence-corrected chi connectivity index (χ4v) is 4.86. The van der Waals surface area contributed by atoms with E-state index in [1.165, 1.54) is 7.11 Å². The molecule has 0 aromatic heterocycles. The smallest absolute Gasteiger partial charge is 0.408 e. The second-order valence-electron chi connectivity index (χ2n) is 10.9. The maximum Gasteiger partial charge on any atom is 0.408 e. The van der Waals surface area contributed by atoms with Crippen molar-refractivity contribution in [2.24, 2.45) is 0 Å². The Kier molecular flexibility index (Phi) is 8.83. The van der Waals surface area contributed by atoms with E-state index in [4.69, 9.17) is 14.2 Å². The van der Waals surface area contributed by atoms with Crippen LogP contribution in [0.5, 0.6) is 11.5 Å². The summed E-state index contributed by atoms with van der Waals surface area (Å²) >= 11 is 0. The van der Waals surface area contributed by atoms with Gasteiger partial charge in [-0.1, -0.05) is 12.1 Å². The number of alkyl carbamates (subject to hydrolysis) is 1. The Balaban J connectivity index is 1.40. The average molecular weight is 569 g/mol. The molecule has 220 valence electrons. The minimum atomic E-state index is -1.06. The Morgan fingerprint density at radius 2 is 1.68 bits per heavy atom. The van der Waals surface area contributed by atoms with Crippen LogP contribution >= 0.6 is 0 Å². The number of aliphatic hydroxyl groups is 1. The second kappa shape index (κ2) is 12.1. The number of methoxy groups -OCH3 is 2. The summed E-state index contributed by atoms with van der Waals surface area (Å²) in [5.74, 6) is -0.0443. The zero-order valence-corrected chi connectivity index (χ0v) is 23.8. The molecule has 4 rings (SSSR count). The third kappa shape index (κ3) is 6.60. The van der Waals surface area contributed by atoms with Gasteiger partial charge in [-0.25, -0.2) is 4.79 Å². The predicted octanol–water partition coefficient (Wildman–Crippen LogP) is 1.55. The van der Waals surface area contributed by atoms with Gasteiger partial charge in [-0.2, -0.15) is 0 Å². The number of nitrogens with zero attached hydrogens (tertiary/aromatic N) is 2. The lowest BCUT2D eigenvalue weighted by Gasteiger charge is -2.47. The Hall–Kier alpha value is -4.16. The molecule has 41 heavy (non-hydrogen) atoms. The molecule has 2 aliphatic rings. The highest BCUT2D eigenvalue weighted by atomic mass is 16.6. The number of hydrogen-bond donors (Lipinski definition) is 3. The van der Waals surface area contributed by atoms with Gasteiger partial charge >= 0.3 is 6.09 Å². The molecule has 0 bridgehead atoms. The molecule has 0 spiro atoms. The number of benzene rings is 2. The van der Waals surface area contributed by atoms with Crippen LogP contribution in [-0.4, -0.2) is 96.4 Å². The number of aliphatic hydroxyl groups excluding tert-OH is 1. The topological polar surface area (TPSA) is 147 Å². The molecular formula is C29H36N4O8. The number of carbonyl (C=O) groups is 4. The van der Waals surface area contributed by atoms with Crippen LogP contribution in [0, 0.1) is 0 Å². The number of likely N-dealkylation sites (tertiary alicyclic amines) is 1. The van der Waals surface area contributed by atoms with Crippen LogP contribution in [-0.2, 0) is 16.1 Å². The van der Waals surface area contributed by atoms with Crippen molar-refractivity contribution in [2.75, 3.05) is 33.9 Å². The summed E-state index contributed by atoms with van der Waals surface area (Å²) in [5, 5.41) is 16.4. The maximum atomic E-state index is 13.1. The van der Waals surface area contributed by atoms with E-state index in [9.17, 15) is 24.3 Å². The summed E-state index contributed by atoms with van der Waals surface area (Å²) < 4.78 is 16.1. The number of amides is 4. The van der Waals surface area contributed by atoms with Crippen molar-refractivity contribution in [2.45, 2.75) is 51.1 Å². The summed E-state index contributed by atoms with van der Waals surface area (Å²) in [6.45, 7) is 5.46. The average Bonchev–Trinajstić information content (AvgIpc) is 3.17. The third-order valence-electron chi connectivity index (χ3n) is 6.85. The molecule has 0 saturated carbocycles. The standard InChI is InChI=1S/C29H36N4O8/c1-29(2,3)41-28(38)31-24-22(32(27(24)37)15-17-10-11-19(39-4)12-23(17)40-5)14-30-13-18(34)16-33-25(35)20-8-6-7-9-21(20)26(33)36/h6-12,18,22,24,30,34H,13-16H2,1-5H3,(H,31,38)/t18-,22-,24+/m1/s1. The van der Waals surface area contributed by atoms with E-state index in [2.05, 4.69) is 10.6 Å². The lowest BCUT2D eigenvalue weighted by Crippen LogP contribution is -2.73. The molecule has 4 amide bonds. The molecule has 2 aliphatic heterocycles. The predicted molar refractivity (Wildman–Crippen MR) is 148 cm³/mol. The molecule has 3 atom stereocenters. The number of fused-ring (bicyclic) bond motifs is 1. The molecule has 12 heteroatoms. The van der Waals surface area contributed by atoms with E-state index >= 15 is 0 Å². The van der Waals surface area contributed by atoms with Crippen molar-refractivity contribution < 1.29 is 38.5 Å². The minimum absolute atomic E-state index is 0.0386. The van der Waals surface area contributed by atoms with Gasteiger partial charge < -0.3 is 34.9 Å². The van der Waals surface area contributed by atoms with Crippen LogP contribution in [0.3, 0.4) is 0 Å². The lowest BCUT2D eigenvalue weighted by atomic mass is 9.93. The Bertz CT molecular complexity index is 1290. The van der Waals surface area contributed by atoms with Crippen molar-refractivity contribution in [3.63, 3.8) is 0 Å². The van der Waals surface area contributed by atoms with Crippen LogP contribution in [0.25, 0.3) is 0 Å². The fourth-order valence-electron chi connectivity index (χ4n) is 4.86. The molecule has 2 aromatic rings. The van der Waals surface area contributed by atoms with Gasteiger partial charge in [0.2, 0.25) is 5.91 Å². The molecule has 1 saturated heterocycles. The summed E-state index contributed by atoms with van der Waals surface area (Å²) in [7, 11) is 3.07. The van der Waals surface area contributed by atoms with Crippen molar-refractivity contribution in [1.82, 2.24) is 20.4 Å². The van der Waals surface area contributed by atoms with Gasteiger partial charge in [0.15, 0.2) is 0 Å². The highest BCUT2D eigenvalue weighted by molar-refractivity contribution is 6.21. The van der Waals surface area contributed by atoms with Gasteiger partial charge in [-0.15, -0.1) is 0 Å². The SMILES string of the molecule is COc1ccc(CN2C(=O)[C@@H](NC(=O)OC(C)(C)C)[C@H]2CNC[C@@H](O)CN2C(=O)c3ccccc3C2=O)c(OC)c1. The van der Waals surface area contributed by atoms with E-state index in [-0.39, 0.29) is 32.1 Å². The molecule has 1 fully saturated rings. The van der Waals surface area contributed by atoms with E-state index in [0.717, 1.165) is 10.5 Å². The highest BCUT2D eigenvalue weighted by Crippen LogP contribution is 2.30. The van der Waals surface area contributed by atoms with Gasteiger partial charge in [0.25, 0.3) is 11.8 Å². The third-order valence-corrected chi connectivity index (χ3v) is 6.85. The number of hydrogen-bond acceptors (Lipinski definition) is 9. The van der Waals surface area contributed by atoms with Crippen molar-refractivity contribution in [3.05, 3.63) is 59.2 Å². The van der Waals surface area contributed by atoms with Crippen LogP contribution in [0.15, 0.2) is 42.5 Å². The highest BCUT2D eigenvalue weighted by Gasteiger charge is 2.48. The number of nitrogens with one attached hydrogen (secondary N) is 2. The Morgan fingerprint density at radius 3 is 2.27 bits per heavy atom. The minimum Gasteiger partial charge on any atom is -0.497 e. The Labute approximate surface area is 238 Å². The Morgan fingerprint density at radius 1 is 1.02 bits per heavy atom. The first-order valence-electron chi connectivity index (χ1n) is 13.3. The zero-order valence-electron chi connectivity index (χ0n) is 23.8. The monoisotopic (exact) mass is 568 g/mol. The molecule has 2 heterocycles. The van der Waals surface area contributed by atoms with Gasteiger partial charge in [0.1, 0.15) is 23.1 Å². The summed E-state index contributed by atoms with van der Waals surface area (Å²) in [6, 6.07) is 10.5. The molecule has 0 aliphatic carbocycles. The maximum absolute atomic E-state index is 13.1. The number of ether oxygens (including phenoxy) is 3. The summed E-state index contributed by atoms with van der Waals surface area (Å²) in [5.41, 5.74) is 0.625. The molecule has 0 unspecified atom stereocenters. The normalized spacial score (nSPS) is 19.0. The fraction of sp³-hybridized carbons (Fsp3) is 0.448. The number of β-amino-alcohol motifs (C(OH)–C–C–N with tert-alkyl or cyclic N) is 1. The molecule has 12 nitrogen and oxygen atoms in total. The largest absolute Gasteiger partial charge is 0.497 e. The van der Waals surface area contributed by atoms with Crippen molar-refractivity contribution in [1.29, 1.82) is 0 Å². The van der Waals surface area contributed by atoms with E-state index in [1.807, 2.05) is 0 Å². The van der Waals surface area contributed by atoms with Gasteiger partial charge in [-0.05, 0) is 45.0 Å². The van der Waals surface area contributed by atoms with Crippen molar-refractivity contribution in [3.8, 4) is 11.5 Å². The lowest BCUT2D eigenvalue weighted by molar-refractivity contribution is -0.152. The zero-order chi connectivity index (χ0) is 29.9. The van der Waals surface area contributed by atoms with E-state index < -0.39 is 41.7 Å². The second-order valence-corrected chi connectivity index (χ2v) is 10.9. The van der Waals surface area contributed by atoms with Crippen LogP contribution < -0.4 is 20.1 Å². The number of carbonyl (C=O) groups excluding carboxylic acids is 4. The van der Waals surface area contributed by atoms with Gasteiger partial charge in [0, 0.05) is 31.3 Å². The van der Waals surface area contributed by atoms with Crippen LogP contribution in [0.1, 0.15) is 47.1 Å². The van der Waals surface area contributed by atoms with Crippen LogP contribution in [0.4, 0.5) is 4.79 Å². The quantitative estimate of drug-likeness (QED) is 0.271. The van der Waals surface area contributed by atoms with Crippen molar-refractivity contribution >= 4 is 23.8 Å². The molecule has 3 N–H and O–H groups in total. The molecule has 2 aromatic carbocycles. The van der Waals surface area contributed by atoms with E-state index in [1.54, 1.807) is 75.2 Å². The summed E-state index contributed by atoms with van der Waals surface area (Å²) in [6.07, 6.45) is -1.77. The molecular weight excluding hydrogens is 532 g/mol. The van der Waals surface area contributed by atoms with Gasteiger partial charge in [0.05, 0.1) is 44.0 Å². The number of imide groups is 1. The first-order chi connectivity index (χ1) is 19.4. The first kappa shape index (κ1) is 29.8. The number of β-lactam (4-membered cyclic amide) rings is 1. The van der Waals surface area contributed by atoms with Gasteiger partial charge in [-0.3, -0.25) is 19.3 Å². The number of rotatable bonds is 11.